The lowest BCUT2D eigenvalue weighted by Crippen LogP contribution is -2.22. The first-order valence-corrected chi connectivity index (χ1v) is 11.6. The fraction of sp³-hybridized carbons (Fsp3) is 0.333. The normalized spacial score (nSPS) is 13.5. The van der Waals surface area contributed by atoms with Gasteiger partial charge in [0.2, 0.25) is 11.8 Å². The maximum atomic E-state index is 13.7. The van der Waals surface area contributed by atoms with Crippen LogP contribution in [0, 0.1) is 6.92 Å². The van der Waals surface area contributed by atoms with Crippen molar-refractivity contribution in [2.45, 2.75) is 43.5 Å². The molecule has 0 atom stereocenters. The molecule has 0 spiro atoms. The van der Waals surface area contributed by atoms with E-state index in [9.17, 15) is 4.79 Å². The summed E-state index contributed by atoms with van der Waals surface area (Å²) >= 11 is 3.08. The fourth-order valence-electron chi connectivity index (χ4n) is 3.76. The lowest BCUT2D eigenvalue weighted by Gasteiger charge is -2.13. The van der Waals surface area contributed by atoms with Gasteiger partial charge >= 0.3 is 0 Å². The molecule has 154 valence electrons. The van der Waals surface area contributed by atoms with Gasteiger partial charge in [0.15, 0.2) is 5.16 Å². The lowest BCUT2D eigenvalue weighted by atomic mass is 9.97. The van der Waals surface area contributed by atoms with Crippen molar-refractivity contribution in [1.82, 2.24) is 19.7 Å². The van der Waals surface area contributed by atoms with Crippen LogP contribution in [0.15, 0.2) is 38.6 Å². The van der Waals surface area contributed by atoms with Gasteiger partial charge in [-0.15, -0.1) is 21.5 Å². The van der Waals surface area contributed by atoms with Crippen molar-refractivity contribution >= 4 is 33.3 Å². The van der Waals surface area contributed by atoms with Crippen molar-refractivity contribution in [1.29, 1.82) is 0 Å². The highest BCUT2D eigenvalue weighted by Gasteiger charge is 2.23. The van der Waals surface area contributed by atoms with E-state index in [0.29, 0.717) is 22.7 Å². The second-order valence-electron chi connectivity index (χ2n) is 7.13. The highest BCUT2D eigenvalue weighted by molar-refractivity contribution is 7.98. The molecule has 0 aliphatic heterocycles. The van der Waals surface area contributed by atoms with Crippen LogP contribution in [0.3, 0.4) is 0 Å². The summed E-state index contributed by atoms with van der Waals surface area (Å²) in [6.45, 7) is 1.76. The first kappa shape index (κ1) is 19.3. The summed E-state index contributed by atoms with van der Waals surface area (Å²) in [6.07, 6.45) is 4.27. The van der Waals surface area contributed by atoms with Gasteiger partial charge in [0.1, 0.15) is 10.6 Å². The number of fused-ring (bicyclic) bond motifs is 3. The molecule has 4 aromatic rings. The topological polar surface area (TPSA) is 83.0 Å². The van der Waals surface area contributed by atoms with Gasteiger partial charge in [0.25, 0.3) is 5.56 Å². The molecule has 1 aliphatic rings. The minimum absolute atomic E-state index is 0.0197. The van der Waals surface area contributed by atoms with Gasteiger partial charge in [-0.05, 0) is 55.5 Å². The van der Waals surface area contributed by atoms with E-state index in [4.69, 9.17) is 14.1 Å². The van der Waals surface area contributed by atoms with Crippen LogP contribution in [0.4, 0.5) is 0 Å². The molecule has 0 N–H and O–H groups in total. The molecule has 0 radical (unpaired) electrons. The number of rotatable bonds is 5. The van der Waals surface area contributed by atoms with Gasteiger partial charge in [-0.1, -0.05) is 11.8 Å². The summed E-state index contributed by atoms with van der Waals surface area (Å²) in [5.41, 5.74) is 1.93. The molecule has 0 amide bonds. The van der Waals surface area contributed by atoms with E-state index in [0.717, 1.165) is 40.9 Å². The Morgan fingerprint density at radius 1 is 1.20 bits per heavy atom. The zero-order valence-corrected chi connectivity index (χ0v) is 18.3. The summed E-state index contributed by atoms with van der Waals surface area (Å²) in [5, 5.41) is 9.32. The Bertz CT molecular complexity index is 1270. The van der Waals surface area contributed by atoms with Crippen LogP contribution in [-0.4, -0.2) is 26.9 Å². The molecule has 3 heterocycles. The van der Waals surface area contributed by atoms with E-state index in [-0.39, 0.29) is 5.56 Å². The summed E-state index contributed by atoms with van der Waals surface area (Å²) in [4.78, 5) is 20.7. The van der Waals surface area contributed by atoms with Crippen molar-refractivity contribution in [2.75, 3.05) is 7.11 Å². The number of aryl methyl sites for hydroxylation is 3. The van der Waals surface area contributed by atoms with Crippen LogP contribution in [0.25, 0.3) is 15.9 Å². The van der Waals surface area contributed by atoms with Gasteiger partial charge in [0.05, 0.1) is 23.9 Å². The fourth-order valence-corrected chi connectivity index (χ4v) is 5.92. The Morgan fingerprint density at radius 2 is 2.00 bits per heavy atom. The molecular formula is C21H20N4O3S2. The standard InChI is InChI=1S/C21H20N4O3S2/c1-12-23-24-17(28-12)11-29-21-22-19-18(15-5-3-4-6-16(15)30-19)20(26)25(21)13-7-9-14(27-2)10-8-13/h7-10H,3-6,11H2,1-2H3. The van der Waals surface area contributed by atoms with Crippen LogP contribution in [0.2, 0.25) is 0 Å². The minimum Gasteiger partial charge on any atom is -0.497 e. The average molecular weight is 441 g/mol. The first-order chi connectivity index (χ1) is 14.6. The zero-order valence-electron chi connectivity index (χ0n) is 16.7. The van der Waals surface area contributed by atoms with E-state index in [1.807, 2.05) is 24.3 Å². The predicted octanol–water partition coefficient (Wildman–Crippen LogP) is 4.32. The molecule has 9 heteroatoms. The molecule has 7 nitrogen and oxygen atoms in total. The minimum atomic E-state index is -0.0197. The molecule has 5 rings (SSSR count). The maximum Gasteiger partial charge on any atom is 0.267 e. The Morgan fingerprint density at radius 3 is 2.73 bits per heavy atom. The summed E-state index contributed by atoms with van der Waals surface area (Å²) in [7, 11) is 1.63. The number of nitrogens with zero attached hydrogens (tertiary/aromatic N) is 4. The Balaban J connectivity index is 1.66. The molecule has 30 heavy (non-hydrogen) atoms. The number of thiophene rings is 1. The van der Waals surface area contributed by atoms with Gasteiger partial charge in [-0.2, -0.15) is 0 Å². The molecule has 1 aromatic carbocycles. The summed E-state index contributed by atoms with van der Waals surface area (Å²) in [5.74, 6) is 2.22. The monoisotopic (exact) mass is 440 g/mol. The SMILES string of the molecule is COc1ccc(-n2c(SCc3nnc(C)o3)nc3sc4c(c3c2=O)CCCC4)cc1. The molecule has 0 fully saturated rings. The second kappa shape index (κ2) is 7.88. The van der Waals surface area contributed by atoms with Crippen molar-refractivity contribution in [3.63, 3.8) is 0 Å². The average Bonchev–Trinajstić information content (AvgIpc) is 3.35. The first-order valence-electron chi connectivity index (χ1n) is 9.77. The largest absolute Gasteiger partial charge is 0.497 e. The number of hydrogen-bond acceptors (Lipinski definition) is 8. The number of methoxy groups -OCH3 is 1. The van der Waals surface area contributed by atoms with Gasteiger partial charge in [-0.25, -0.2) is 4.98 Å². The lowest BCUT2D eigenvalue weighted by molar-refractivity contribution is 0.414. The van der Waals surface area contributed by atoms with Crippen LogP contribution >= 0.6 is 23.1 Å². The third kappa shape index (κ3) is 3.41. The molecule has 0 unspecified atom stereocenters. The van der Waals surface area contributed by atoms with Gasteiger partial charge in [0, 0.05) is 11.8 Å². The number of hydrogen-bond donors (Lipinski definition) is 0. The maximum absolute atomic E-state index is 13.7. The van der Waals surface area contributed by atoms with Crippen molar-refractivity contribution in [2.24, 2.45) is 0 Å². The molecule has 3 aromatic heterocycles. The van der Waals surface area contributed by atoms with Gasteiger partial charge < -0.3 is 9.15 Å². The van der Waals surface area contributed by atoms with E-state index >= 15 is 0 Å². The second-order valence-corrected chi connectivity index (χ2v) is 9.15. The molecule has 1 aliphatic carbocycles. The summed E-state index contributed by atoms with van der Waals surface area (Å²) in [6, 6.07) is 7.47. The van der Waals surface area contributed by atoms with Crippen LogP contribution in [-0.2, 0) is 18.6 Å². The van der Waals surface area contributed by atoms with E-state index in [1.54, 1.807) is 29.9 Å². The Labute approximate surface area is 181 Å². The molecule has 0 saturated heterocycles. The third-order valence-electron chi connectivity index (χ3n) is 5.18. The highest BCUT2D eigenvalue weighted by atomic mass is 32.2. The number of thioether (sulfide) groups is 1. The molecular weight excluding hydrogens is 420 g/mol. The molecule has 0 saturated carbocycles. The van der Waals surface area contributed by atoms with E-state index in [2.05, 4.69) is 10.2 Å². The number of aromatic nitrogens is 4. The number of benzene rings is 1. The zero-order chi connectivity index (χ0) is 20.7. The van der Waals surface area contributed by atoms with Gasteiger partial charge in [-0.3, -0.25) is 9.36 Å². The van der Waals surface area contributed by atoms with E-state index in [1.165, 1.54) is 28.6 Å². The Kier molecular flexibility index (Phi) is 5.08. The van der Waals surface area contributed by atoms with Crippen molar-refractivity contribution in [3.05, 3.63) is 56.8 Å². The summed E-state index contributed by atoms with van der Waals surface area (Å²) < 4.78 is 12.5. The predicted molar refractivity (Wildman–Crippen MR) is 117 cm³/mol. The van der Waals surface area contributed by atoms with E-state index < -0.39 is 0 Å². The Hall–Kier alpha value is -2.65. The molecule has 0 bridgehead atoms. The third-order valence-corrected chi connectivity index (χ3v) is 7.29. The van der Waals surface area contributed by atoms with Crippen LogP contribution in [0.5, 0.6) is 5.75 Å². The quantitative estimate of drug-likeness (QED) is 0.338. The smallest absolute Gasteiger partial charge is 0.267 e. The van der Waals surface area contributed by atoms with Crippen molar-refractivity contribution in [3.8, 4) is 11.4 Å². The highest BCUT2D eigenvalue weighted by Crippen LogP contribution is 2.35. The van der Waals surface area contributed by atoms with Crippen molar-refractivity contribution < 1.29 is 9.15 Å². The number of ether oxygens (including phenoxy) is 1. The van der Waals surface area contributed by atoms with Crippen LogP contribution < -0.4 is 10.3 Å². The van der Waals surface area contributed by atoms with Crippen LogP contribution in [0.1, 0.15) is 35.1 Å².